The summed E-state index contributed by atoms with van der Waals surface area (Å²) in [6, 6.07) is 1.59. The first-order chi connectivity index (χ1) is 8.70. The number of aromatic nitrogens is 2. The Morgan fingerprint density at radius 3 is 2.53 bits per heavy atom. The van der Waals surface area contributed by atoms with Crippen molar-refractivity contribution < 1.29 is 14.7 Å². The fraction of sp³-hybridized carbons (Fsp3) is 0.615. The summed E-state index contributed by atoms with van der Waals surface area (Å²) in [6.45, 7) is 6.06. The van der Waals surface area contributed by atoms with Crippen LogP contribution in [0.25, 0.3) is 0 Å². The van der Waals surface area contributed by atoms with Crippen molar-refractivity contribution in [2.45, 2.75) is 27.2 Å². The Kier molecular flexibility index (Phi) is 4.69. The smallest absolute Gasteiger partial charge is 0.308 e. The molecule has 1 heterocycles. The van der Waals surface area contributed by atoms with Crippen molar-refractivity contribution in [1.82, 2.24) is 15.1 Å². The molecule has 0 bridgehead atoms. The van der Waals surface area contributed by atoms with Crippen LogP contribution < -0.4 is 5.32 Å². The third-order valence-corrected chi connectivity index (χ3v) is 2.77. The van der Waals surface area contributed by atoms with Gasteiger partial charge in [-0.25, -0.2) is 0 Å². The number of carboxylic acid groups (broad SMARTS) is 1. The van der Waals surface area contributed by atoms with E-state index in [1.54, 1.807) is 13.1 Å². The molecule has 1 aromatic rings. The van der Waals surface area contributed by atoms with Crippen LogP contribution in [0.1, 0.15) is 37.7 Å². The van der Waals surface area contributed by atoms with Gasteiger partial charge in [0.05, 0.1) is 5.92 Å². The van der Waals surface area contributed by atoms with Gasteiger partial charge in [0.1, 0.15) is 5.69 Å². The average molecular weight is 267 g/mol. The van der Waals surface area contributed by atoms with Gasteiger partial charge in [0, 0.05) is 19.8 Å². The number of carboxylic acids is 1. The largest absolute Gasteiger partial charge is 0.481 e. The number of hydrogen-bond acceptors (Lipinski definition) is 3. The van der Waals surface area contributed by atoms with Gasteiger partial charge in [-0.3, -0.25) is 14.3 Å². The summed E-state index contributed by atoms with van der Waals surface area (Å²) in [6.07, 6.45) is 2.03. The molecule has 1 rings (SSSR count). The number of carbonyl (C=O) groups is 2. The summed E-state index contributed by atoms with van der Waals surface area (Å²) in [7, 11) is 1.67. The minimum atomic E-state index is -0.889. The van der Waals surface area contributed by atoms with Crippen LogP contribution in [-0.4, -0.2) is 33.3 Å². The summed E-state index contributed by atoms with van der Waals surface area (Å²) >= 11 is 0. The Morgan fingerprint density at radius 1 is 1.47 bits per heavy atom. The van der Waals surface area contributed by atoms with Crippen molar-refractivity contribution in [2.75, 3.05) is 6.54 Å². The van der Waals surface area contributed by atoms with Crippen molar-refractivity contribution >= 4 is 11.9 Å². The second kappa shape index (κ2) is 5.86. The molecule has 1 atom stereocenters. The molecule has 0 fully saturated rings. The first kappa shape index (κ1) is 15.2. The molecule has 2 N–H and O–H groups in total. The highest BCUT2D eigenvalue weighted by atomic mass is 16.4. The van der Waals surface area contributed by atoms with Crippen LogP contribution in [0.4, 0.5) is 0 Å². The van der Waals surface area contributed by atoms with Crippen molar-refractivity contribution in [2.24, 2.45) is 18.4 Å². The van der Waals surface area contributed by atoms with Gasteiger partial charge in [-0.15, -0.1) is 0 Å². The maximum Gasteiger partial charge on any atom is 0.308 e. The minimum absolute atomic E-state index is 0.0969. The molecule has 0 saturated heterocycles. The lowest BCUT2D eigenvalue weighted by Gasteiger charge is -2.23. The molecule has 0 aliphatic heterocycles. The fourth-order valence-corrected chi connectivity index (χ4v) is 1.89. The topological polar surface area (TPSA) is 84.2 Å². The number of carbonyl (C=O) groups excluding carboxylic acids is 1. The Bertz CT molecular complexity index is 460. The molecule has 19 heavy (non-hydrogen) atoms. The van der Waals surface area contributed by atoms with Crippen LogP contribution in [0.3, 0.4) is 0 Å². The number of rotatable bonds is 5. The molecule has 0 aliphatic rings. The summed E-state index contributed by atoms with van der Waals surface area (Å²) in [4.78, 5) is 23.0. The number of amides is 1. The molecule has 0 spiro atoms. The normalized spacial score (nSPS) is 13.1. The van der Waals surface area contributed by atoms with Crippen molar-refractivity contribution in [3.8, 4) is 0 Å². The van der Waals surface area contributed by atoms with E-state index in [0.717, 1.165) is 0 Å². The molecule has 0 saturated carbocycles. The quantitative estimate of drug-likeness (QED) is 0.842. The van der Waals surface area contributed by atoms with Crippen LogP contribution in [0.5, 0.6) is 0 Å². The van der Waals surface area contributed by atoms with Crippen LogP contribution in [0.2, 0.25) is 0 Å². The molecular formula is C13H21N3O3. The lowest BCUT2D eigenvalue weighted by Crippen LogP contribution is -2.35. The van der Waals surface area contributed by atoms with Gasteiger partial charge in [0.15, 0.2) is 0 Å². The van der Waals surface area contributed by atoms with E-state index in [4.69, 9.17) is 5.11 Å². The minimum Gasteiger partial charge on any atom is -0.481 e. The van der Waals surface area contributed by atoms with Crippen LogP contribution in [0, 0.1) is 11.3 Å². The molecule has 106 valence electrons. The average Bonchev–Trinajstić information content (AvgIpc) is 2.68. The summed E-state index contributed by atoms with van der Waals surface area (Å²) in [5.74, 6) is -1.78. The molecule has 1 unspecified atom stereocenters. The van der Waals surface area contributed by atoms with Gasteiger partial charge in [0.25, 0.3) is 5.91 Å². The van der Waals surface area contributed by atoms with Gasteiger partial charge in [0.2, 0.25) is 0 Å². The predicted octanol–water partition coefficient (Wildman–Crippen LogP) is 1.29. The van der Waals surface area contributed by atoms with Crippen molar-refractivity contribution in [3.05, 3.63) is 18.0 Å². The Hall–Kier alpha value is -1.85. The Labute approximate surface area is 112 Å². The van der Waals surface area contributed by atoms with Gasteiger partial charge >= 0.3 is 5.97 Å². The second-order valence-electron chi connectivity index (χ2n) is 5.85. The molecule has 1 aromatic heterocycles. The first-order valence-corrected chi connectivity index (χ1v) is 6.20. The molecule has 6 heteroatoms. The van der Waals surface area contributed by atoms with Gasteiger partial charge in [-0.05, 0) is 17.9 Å². The van der Waals surface area contributed by atoms with E-state index < -0.39 is 11.9 Å². The summed E-state index contributed by atoms with van der Waals surface area (Å²) < 4.78 is 1.45. The van der Waals surface area contributed by atoms with Gasteiger partial charge < -0.3 is 10.4 Å². The van der Waals surface area contributed by atoms with Crippen molar-refractivity contribution in [3.63, 3.8) is 0 Å². The number of aryl methyl sites for hydroxylation is 1. The van der Waals surface area contributed by atoms with Gasteiger partial charge in [-0.2, -0.15) is 5.10 Å². The van der Waals surface area contributed by atoms with Gasteiger partial charge in [-0.1, -0.05) is 20.8 Å². The maximum atomic E-state index is 11.9. The zero-order valence-corrected chi connectivity index (χ0v) is 11.8. The second-order valence-corrected chi connectivity index (χ2v) is 5.85. The third kappa shape index (κ3) is 4.73. The number of hydrogen-bond donors (Lipinski definition) is 2. The number of aliphatic carboxylic acids is 1. The fourth-order valence-electron chi connectivity index (χ4n) is 1.89. The summed E-state index contributed by atoms with van der Waals surface area (Å²) in [5, 5.41) is 15.7. The lowest BCUT2D eigenvalue weighted by molar-refractivity contribution is -0.142. The lowest BCUT2D eigenvalue weighted by atomic mass is 9.84. The van der Waals surface area contributed by atoms with E-state index in [1.165, 1.54) is 10.9 Å². The van der Waals surface area contributed by atoms with E-state index in [-0.39, 0.29) is 17.9 Å². The van der Waals surface area contributed by atoms with E-state index in [2.05, 4.69) is 10.4 Å². The monoisotopic (exact) mass is 267 g/mol. The standard InChI is InChI=1S/C13H21N3O3/c1-13(2,3)7-9(12(18)19)8-14-11(17)10-5-6-15-16(10)4/h5-6,9H,7-8H2,1-4H3,(H,14,17)(H,18,19). The Morgan fingerprint density at radius 2 is 2.11 bits per heavy atom. The molecular weight excluding hydrogens is 246 g/mol. The SMILES string of the molecule is Cn1nccc1C(=O)NCC(CC(C)(C)C)C(=O)O. The molecule has 0 aliphatic carbocycles. The number of nitrogens with one attached hydrogen (secondary N) is 1. The maximum absolute atomic E-state index is 11.9. The molecule has 1 amide bonds. The van der Waals surface area contributed by atoms with Crippen LogP contribution in [0.15, 0.2) is 12.3 Å². The zero-order valence-electron chi connectivity index (χ0n) is 11.8. The van der Waals surface area contributed by atoms with E-state index >= 15 is 0 Å². The zero-order chi connectivity index (χ0) is 14.6. The molecule has 0 radical (unpaired) electrons. The Balaban J connectivity index is 2.60. The highest BCUT2D eigenvalue weighted by Gasteiger charge is 2.25. The highest BCUT2D eigenvalue weighted by Crippen LogP contribution is 2.24. The van der Waals surface area contributed by atoms with Crippen LogP contribution >= 0.6 is 0 Å². The summed E-state index contributed by atoms with van der Waals surface area (Å²) in [5.41, 5.74) is 0.320. The molecule has 6 nitrogen and oxygen atoms in total. The molecule has 0 aromatic carbocycles. The first-order valence-electron chi connectivity index (χ1n) is 6.20. The third-order valence-electron chi connectivity index (χ3n) is 2.77. The number of nitrogens with zero attached hydrogens (tertiary/aromatic N) is 2. The van der Waals surface area contributed by atoms with E-state index in [0.29, 0.717) is 12.1 Å². The van der Waals surface area contributed by atoms with E-state index in [1.807, 2.05) is 20.8 Å². The van der Waals surface area contributed by atoms with E-state index in [9.17, 15) is 9.59 Å². The van der Waals surface area contributed by atoms with Crippen LogP contribution in [-0.2, 0) is 11.8 Å². The highest BCUT2D eigenvalue weighted by molar-refractivity contribution is 5.92. The van der Waals surface area contributed by atoms with Crippen molar-refractivity contribution in [1.29, 1.82) is 0 Å². The predicted molar refractivity (Wildman–Crippen MR) is 70.7 cm³/mol.